The number of hydrogen-bond acceptors (Lipinski definition) is 2. The van der Waals surface area contributed by atoms with E-state index >= 15 is 0 Å². The molecule has 0 heterocycles. The lowest BCUT2D eigenvalue weighted by Crippen LogP contribution is -2.48. The molecule has 0 aromatic carbocycles. The minimum Gasteiger partial charge on any atom is -0.288 e. The average molecular weight is 216 g/mol. The molecule has 0 atom stereocenters. The van der Waals surface area contributed by atoms with Crippen LogP contribution in [0, 0.1) is 29.1 Å². The van der Waals surface area contributed by atoms with E-state index in [4.69, 9.17) is 6.42 Å². The van der Waals surface area contributed by atoms with Crippen molar-refractivity contribution in [2.75, 3.05) is 6.54 Å². The maximum absolute atomic E-state index is 9.32. The van der Waals surface area contributed by atoms with E-state index in [-0.39, 0.29) is 5.54 Å². The van der Waals surface area contributed by atoms with Gasteiger partial charge in [-0.05, 0) is 43.9 Å². The summed E-state index contributed by atoms with van der Waals surface area (Å²) in [7, 11) is 0. The highest BCUT2D eigenvalue weighted by Crippen LogP contribution is 2.50. The van der Waals surface area contributed by atoms with Crippen LogP contribution < -0.4 is 5.32 Å². The topological polar surface area (TPSA) is 35.8 Å². The fourth-order valence-electron chi connectivity index (χ4n) is 3.38. The first-order chi connectivity index (χ1) is 7.74. The van der Waals surface area contributed by atoms with Gasteiger partial charge in [-0.15, -0.1) is 6.42 Å². The Kier molecular flexibility index (Phi) is 3.22. The molecule has 2 aliphatic carbocycles. The molecule has 1 spiro atoms. The van der Waals surface area contributed by atoms with Gasteiger partial charge in [-0.3, -0.25) is 5.32 Å². The molecule has 0 saturated heterocycles. The molecule has 0 bridgehead atoms. The van der Waals surface area contributed by atoms with Crippen molar-refractivity contribution in [2.24, 2.45) is 5.41 Å². The first kappa shape index (κ1) is 11.5. The van der Waals surface area contributed by atoms with Crippen LogP contribution in [0.3, 0.4) is 0 Å². The molecule has 2 fully saturated rings. The largest absolute Gasteiger partial charge is 0.288 e. The Morgan fingerprint density at radius 1 is 1.06 bits per heavy atom. The number of rotatable bonds is 2. The van der Waals surface area contributed by atoms with E-state index in [1.807, 2.05) is 0 Å². The van der Waals surface area contributed by atoms with E-state index in [9.17, 15) is 5.26 Å². The van der Waals surface area contributed by atoms with Gasteiger partial charge in [-0.2, -0.15) is 5.26 Å². The van der Waals surface area contributed by atoms with Crippen molar-refractivity contribution in [3.63, 3.8) is 0 Å². The normalized spacial score (nSPS) is 26.1. The standard InChI is InChI=1S/C14H20N2/c1-2-11-16-14(12-15)9-7-13(8-10-14)5-3-4-6-13/h1,16H,3-11H2. The van der Waals surface area contributed by atoms with Gasteiger partial charge < -0.3 is 0 Å². The molecule has 0 aromatic heterocycles. The molecule has 2 rings (SSSR count). The molecule has 0 aromatic rings. The minimum absolute atomic E-state index is 0.333. The molecule has 0 aliphatic heterocycles. The van der Waals surface area contributed by atoms with Crippen molar-refractivity contribution in [3.8, 4) is 18.4 Å². The third-order valence-electron chi connectivity index (χ3n) is 4.57. The Morgan fingerprint density at radius 2 is 1.69 bits per heavy atom. The Labute approximate surface area is 98.4 Å². The summed E-state index contributed by atoms with van der Waals surface area (Å²) in [5, 5.41) is 12.6. The molecule has 2 nitrogen and oxygen atoms in total. The van der Waals surface area contributed by atoms with Crippen LogP contribution in [0.1, 0.15) is 51.4 Å². The van der Waals surface area contributed by atoms with Crippen LogP contribution in [0.25, 0.3) is 0 Å². The smallest absolute Gasteiger partial charge is 0.107 e. The lowest BCUT2D eigenvalue weighted by molar-refractivity contribution is 0.142. The highest BCUT2D eigenvalue weighted by molar-refractivity contribution is 5.13. The van der Waals surface area contributed by atoms with E-state index < -0.39 is 0 Å². The van der Waals surface area contributed by atoms with Crippen LogP contribution in [0.15, 0.2) is 0 Å². The van der Waals surface area contributed by atoms with Crippen LogP contribution in [0.2, 0.25) is 0 Å². The summed E-state index contributed by atoms with van der Waals surface area (Å²) < 4.78 is 0. The molecular formula is C14H20N2. The first-order valence-electron chi connectivity index (χ1n) is 6.34. The van der Waals surface area contributed by atoms with Gasteiger partial charge in [0.15, 0.2) is 0 Å². The predicted molar refractivity (Wildman–Crippen MR) is 64.5 cm³/mol. The zero-order valence-electron chi connectivity index (χ0n) is 9.89. The van der Waals surface area contributed by atoms with Gasteiger partial charge in [-0.25, -0.2) is 0 Å². The third-order valence-corrected chi connectivity index (χ3v) is 4.57. The van der Waals surface area contributed by atoms with Crippen LogP contribution >= 0.6 is 0 Å². The Hall–Kier alpha value is -0.990. The Morgan fingerprint density at radius 3 is 2.19 bits per heavy atom. The second-order valence-corrected chi connectivity index (χ2v) is 5.46. The average Bonchev–Trinajstić information content (AvgIpc) is 2.78. The molecule has 2 heteroatoms. The molecular weight excluding hydrogens is 196 g/mol. The van der Waals surface area contributed by atoms with E-state index in [0.29, 0.717) is 12.0 Å². The molecule has 2 aliphatic rings. The van der Waals surface area contributed by atoms with Gasteiger partial charge in [0.05, 0.1) is 12.6 Å². The van der Waals surface area contributed by atoms with Crippen molar-refractivity contribution in [2.45, 2.75) is 56.9 Å². The van der Waals surface area contributed by atoms with Crippen molar-refractivity contribution in [1.82, 2.24) is 5.32 Å². The number of nitriles is 1. The van der Waals surface area contributed by atoms with Gasteiger partial charge in [0.2, 0.25) is 0 Å². The van der Waals surface area contributed by atoms with Crippen LogP contribution in [0.4, 0.5) is 0 Å². The van der Waals surface area contributed by atoms with E-state index in [2.05, 4.69) is 17.3 Å². The first-order valence-corrected chi connectivity index (χ1v) is 6.34. The summed E-state index contributed by atoms with van der Waals surface area (Å²) in [6.07, 6.45) is 15.2. The summed E-state index contributed by atoms with van der Waals surface area (Å²) >= 11 is 0. The SMILES string of the molecule is C#CCNC1(C#N)CCC2(CCCC2)CC1. The van der Waals surface area contributed by atoms with Crippen molar-refractivity contribution >= 4 is 0 Å². The fourth-order valence-corrected chi connectivity index (χ4v) is 3.38. The number of nitrogens with one attached hydrogen (secondary N) is 1. The van der Waals surface area contributed by atoms with Gasteiger partial charge in [0.1, 0.15) is 5.54 Å². The van der Waals surface area contributed by atoms with Gasteiger partial charge >= 0.3 is 0 Å². The summed E-state index contributed by atoms with van der Waals surface area (Å²) in [4.78, 5) is 0. The Balaban J connectivity index is 1.97. The second kappa shape index (κ2) is 4.48. The zero-order chi connectivity index (χ0) is 11.5. The van der Waals surface area contributed by atoms with E-state index in [1.165, 1.54) is 38.5 Å². The fraction of sp³-hybridized carbons (Fsp3) is 0.786. The summed E-state index contributed by atoms with van der Waals surface area (Å²) in [5.74, 6) is 2.57. The van der Waals surface area contributed by atoms with Gasteiger partial charge in [0, 0.05) is 0 Å². The summed E-state index contributed by atoms with van der Waals surface area (Å²) in [5.41, 5.74) is 0.248. The van der Waals surface area contributed by atoms with Crippen molar-refractivity contribution in [1.29, 1.82) is 5.26 Å². The molecule has 2 saturated carbocycles. The van der Waals surface area contributed by atoms with Gasteiger partial charge in [-0.1, -0.05) is 18.8 Å². The number of terminal acetylenes is 1. The number of hydrogen-bond donors (Lipinski definition) is 1. The molecule has 0 radical (unpaired) electrons. The second-order valence-electron chi connectivity index (χ2n) is 5.46. The van der Waals surface area contributed by atoms with E-state index in [1.54, 1.807) is 0 Å². The maximum Gasteiger partial charge on any atom is 0.107 e. The number of nitrogens with zero attached hydrogens (tertiary/aromatic N) is 1. The van der Waals surface area contributed by atoms with Crippen molar-refractivity contribution in [3.05, 3.63) is 0 Å². The maximum atomic E-state index is 9.32. The van der Waals surface area contributed by atoms with E-state index in [0.717, 1.165) is 12.8 Å². The molecule has 0 unspecified atom stereocenters. The minimum atomic E-state index is -0.333. The van der Waals surface area contributed by atoms with Crippen LogP contribution in [0.5, 0.6) is 0 Å². The highest BCUT2D eigenvalue weighted by atomic mass is 15.0. The monoisotopic (exact) mass is 216 g/mol. The summed E-state index contributed by atoms with van der Waals surface area (Å²) in [6, 6.07) is 2.45. The highest BCUT2D eigenvalue weighted by Gasteiger charge is 2.43. The molecule has 0 amide bonds. The zero-order valence-corrected chi connectivity index (χ0v) is 9.89. The van der Waals surface area contributed by atoms with Crippen LogP contribution in [-0.2, 0) is 0 Å². The quantitative estimate of drug-likeness (QED) is 0.720. The Bertz CT molecular complexity index is 316. The molecule has 86 valence electrons. The molecule has 16 heavy (non-hydrogen) atoms. The third kappa shape index (κ3) is 2.08. The predicted octanol–water partition coefficient (Wildman–Crippen LogP) is 2.61. The molecule has 1 N–H and O–H groups in total. The van der Waals surface area contributed by atoms with Crippen molar-refractivity contribution < 1.29 is 0 Å². The lowest BCUT2D eigenvalue weighted by atomic mass is 9.67. The lowest BCUT2D eigenvalue weighted by Gasteiger charge is -2.41. The van der Waals surface area contributed by atoms with Gasteiger partial charge in [0.25, 0.3) is 0 Å². The van der Waals surface area contributed by atoms with Crippen LogP contribution in [-0.4, -0.2) is 12.1 Å². The summed E-state index contributed by atoms with van der Waals surface area (Å²) in [6.45, 7) is 0.514.